The van der Waals surface area contributed by atoms with Crippen molar-refractivity contribution in [1.82, 2.24) is 18.3 Å². The Morgan fingerprint density at radius 2 is 0.500 bits per heavy atom. The molecule has 96 heavy (non-hydrogen) atoms. The van der Waals surface area contributed by atoms with E-state index in [-0.39, 0.29) is 0 Å². The number of thiophene rings is 2. The highest BCUT2D eigenvalue weighted by Crippen LogP contribution is 2.45. The van der Waals surface area contributed by atoms with E-state index >= 15 is 0 Å². The molecule has 0 spiro atoms. The van der Waals surface area contributed by atoms with E-state index < -0.39 is 0 Å². The van der Waals surface area contributed by atoms with E-state index in [1.165, 1.54) is 184 Å². The second kappa shape index (κ2) is 21.8. The molecule has 0 aliphatic rings. The van der Waals surface area contributed by atoms with Crippen LogP contribution in [0.4, 0.5) is 0 Å². The van der Waals surface area contributed by atoms with Gasteiger partial charge in [0.15, 0.2) is 0 Å². The maximum atomic E-state index is 2.48. The Bertz CT molecular complexity index is 6700. The van der Waals surface area contributed by atoms with Crippen LogP contribution in [0.1, 0.15) is 0 Å². The fraction of sp³-hybridized carbons (Fsp3) is 0. The highest BCUT2D eigenvalue weighted by Gasteiger charge is 2.21. The number of para-hydroxylation sites is 6. The lowest BCUT2D eigenvalue weighted by Crippen LogP contribution is -1.94. The van der Waals surface area contributed by atoms with Gasteiger partial charge in [-0.05, 0) is 179 Å². The molecule has 0 fully saturated rings. The smallest absolute Gasteiger partial charge is 0.0555 e. The third-order valence-corrected chi connectivity index (χ3v) is 22.1. The fourth-order valence-corrected chi connectivity index (χ4v) is 17.7. The van der Waals surface area contributed by atoms with Gasteiger partial charge in [-0.2, -0.15) is 0 Å². The van der Waals surface area contributed by atoms with Crippen LogP contribution in [-0.4, -0.2) is 18.3 Å². The fourth-order valence-electron chi connectivity index (χ4n) is 15.5. The van der Waals surface area contributed by atoms with Gasteiger partial charge in [0, 0.05) is 100 Å². The van der Waals surface area contributed by atoms with Crippen LogP contribution in [0.5, 0.6) is 0 Å². The molecule has 0 saturated heterocycles. The van der Waals surface area contributed by atoms with E-state index in [4.69, 9.17) is 0 Å². The van der Waals surface area contributed by atoms with E-state index in [1.807, 2.05) is 22.7 Å². The Kier molecular flexibility index (Phi) is 12.4. The summed E-state index contributed by atoms with van der Waals surface area (Å²) in [5, 5.41) is 15.4. The third-order valence-electron chi connectivity index (χ3n) is 19.8. The predicted molar refractivity (Wildman–Crippen MR) is 412 cm³/mol. The number of aromatic nitrogens is 4. The lowest BCUT2D eigenvalue weighted by molar-refractivity contribution is 1.18. The first kappa shape index (κ1) is 54.5. The van der Waals surface area contributed by atoms with Crippen LogP contribution in [0.25, 0.3) is 184 Å². The third kappa shape index (κ3) is 8.52. The molecule has 0 aliphatic heterocycles. The quantitative estimate of drug-likeness (QED) is 0.152. The van der Waals surface area contributed by atoms with Crippen LogP contribution < -0.4 is 0 Å². The van der Waals surface area contributed by atoms with Crippen molar-refractivity contribution in [1.29, 1.82) is 0 Å². The molecule has 15 aromatic carbocycles. The predicted octanol–water partition coefficient (Wildman–Crippen LogP) is 25.5. The van der Waals surface area contributed by atoms with Crippen molar-refractivity contribution < 1.29 is 0 Å². The van der Waals surface area contributed by atoms with Gasteiger partial charge in [0.1, 0.15) is 0 Å². The maximum absolute atomic E-state index is 2.48. The maximum Gasteiger partial charge on any atom is 0.0555 e. The molecule has 0 aliphatic carbocycles. The van der Waals surface area contributed by atoms with E-state index in [0.29, 0.717) is 0 Å². The van der Waals surface area contributed by atoms with Gasteiger partial charge in [-0.25, -0.2) is 0 Å². The van der Waals surface area contributed by atoms with Crippen LogP contribution in [0.3, 0.4) is 0 Å². The molecule has 0 N–H and O–H groups in total. The molecule has 21 rings (SSSR count). The van der Waals surface area contributed by atoms with Crippen molar-refractivity contribution in [2.75, 3.05) is 0 Å². The molecule has 6 aromatic heterocycles. The van der Waals surface area contributed by atoms with E-state index in [1.54, 1.807) is 0 Å². The molecule has 0 bridgehead atoms. The van der Waals surface area contributed by atoms with Crippen molar-refractivity contribution in [3.05, 3.63) is 340 Å². The van der Waals surface area contributed by atoms with Crippen LogP contribution in [0.2, 0.25) is 0 Å². The second-order valence-corrected chi connectivity index (χ2v) is 27.3. The summed E-state index contributed by atoms with van der Waals surface area (Å²) in [5.74, 6) is 0. The number of hydrogen-bond donors (Lipinski definition) is 0. The summed E-state index contributed by atoms with van der Waals surface area (Å²) in [6.45, 7) is 0. The van der Waals surface area contributed by atoms with E-state index in [0.717, 1.165) is 0 Å². The molecular formula is C90H56N4S2. The van der Waals surface area contributed by atoms with E-state index in [2.05, 4.69) is 358 Å². The molecule has 4 nitrogen and oxygen atoms in total. The zero-order valence-electron chi connectivity index (χ0n) is 51.9. The van der Waals surface area contributed by atoms with Gasteiger partial charge in [-0.15, -0.1) is 22.7 Å². The average molecular weight is 1260 g/mol. The normalized spacial score (nSPS) is 12.0. The van der Waals surface area contributed by atoms with Crippen molar-refractivity contribution in [2.24, 2.45) is 0 Å². The standard InChI is InChI=1S/C48H30N2S.C42H26N2S/c1-3-12-31(13-4-1)32-24-27-46-40(30-32)48-45(20-11-21-47(48)51-46)50-42-19-10-8-17-37(42)39-29-34(23-26-44(39)50)33-22-25-43-38(28-33)36-16-7-9-18-41(36)49(43)35-14-5-2-6-15-35;1-2-10-29(11-3-1)43-37-15-7-4-12-31(37)34-24-27(18-21-39(34)43)28-19-22-40-35(25-28)32-13-5-8-16-38(32)44(40)30-20-23-42-36(26-30)33-14-6-9-17-41(33)45-42/h1-30H;1-26H. The SMILES string of the molecule is c1ccc(-c2ccc3sc4cccc(-n5c6ccccc6c6cc(-c7ccc8c(c7)c7ccccc7n8-c7ccccc7)ccc65)c4c3c2)cc1.c1ccc(-n2c3ccccc3c3cc(-c4ccc5c(c4)c4ccccc4n5-c4ccc5sc6ccccc6c5c4)ccc32)cc1. The number of rotatable bonds is 7. The molecule has 21 aromatic rings. The molecule has 6 heteroatoms. The van der Waals surface area contributed by atoms with Crippen molar-refractivity contribution in [3.63, 3.8) is 0 Å². The first-order valence-electron chi connectivity index (χ1n) is 32.8. The molecule has 0 saturated carbocycles. The summed E-state index contributed by atoms with van der Waals surface area (Å²) in [6, 6.07) is 124. The zero-order chi connectivity index (χ0) is 63.0. The second-order valence-electron chi connectivity index (χ2n) is 25.1. The minimum Gasteiger partial charge on any atom is -0.309 e. The van der Waals surface area contributed by atoms with Crippen LogP contribution in [-0.2, 0) is 0 Å². The van der Waals surface area contributed by atoms with Gasteiger partial charge < -0.3 is 18.3 Å². The summed E-state index contributed by atoms with van der Waals surface area (Å²) in [7, 11) is 0. The van der Waals surface area contributed by atoms with Crippen molar-refractivity contribution >= 4 is 150 Å². The summed E-state index contributed by atoms with van der Waals surface area (Å²) in [5.41, 5.74) is 21.9. The lowest BCUT2D eigenvalue weighted by atomic mass is 10.0. The van der Waals surface area contributed by atoms with Gasteiger partial charge >= 0.3 is 0 Å². The minimum absolute atomic E-state index is 1.18. The van der Waals surface area contributed by atoms with Crippen LogP contribution >= 0.6 is 22.7 Å². The van der Waals surface area contributed by atoms with Gasteiger partial charge in [0.25, 0.3) is 0 Å². The summed E-state index contributed by atoms with van der Waals surface area (Å²) < 4.78 is 14.9. The Hall–Kier alpha value is -12.1. The average Bonchev–Trinajstić information content (AvgIpc) is 1.58. The Morgan fingerprint density at radius 1 is 0.167 bits per heavy atom. The Labute approximate surface area is 560 Å². The topological polar surface area (TPSA) is 19.7 Å². The number of benzene rings is 15. The molecule has 0 radical (unpaired) electrons. The van der Waals surface area contributed by atoms with Gasteiger partial charge in [0.2, 0.25) is 0 Å². The highest BCUT2D eigenvalue weighted by atomic mass is 32.1. The highest BCUT2D eigenvalue weighted by molar-refractivity contribution is 7.26. The van der Waals surface area contributed by atoms with Gasteiger partial charge in [0.05, 0.1) is 49.8 Å². The lowest BCUT2D eigenvalue weighted by Gasteiger charge is -2.11. The van der Waals surface area contributed by atoms with Gasteiger partial charge in [-0.1, -0.05) is 194 Å². The monoisotopic (exact) mass is 1260 g/mol. The first-order valence-corrected chi connectivity index (χ1v) is 34.4. The number of hydrogen-bond acceptors (Lipinski definition) is 2. The van der Waals surface area contributed by atoms with Crippen molar-refractivity contribution in [3.8, 4) is 56.1 Å². The zero-order valence-corrected chi connectivity index (χ0v) is 53.6. The molecule has 6 heterocycles. The molecule has 0 unspecified atom stereocenters. The molecular weight excluding hydrogens is 1200 g/mol. The van der Waals surface area contributed by atoms with E-state index in [9.17, 15) is 0 Å². The number of fused-ring (bicyclic) bond motifs is 18. The first-order chi connectivity index (χ1) is 47.6. The Morgan fingerprint density at radius 3 is 1.01 bits per heavy atom. The van der Waals surface area contributed by atoms with Crippen LogP contribution in [0.15, 0.2) is 340 Å². The largest absolute Gasteiger partial charge is 0.309 e. The summed E-state index contributed by atoms with van der Waals surface area (Å²) >= 11 is 3.74. The van der Waals surface area contributed by atoms with Crippen LogP contribution in [0, 0.1) is 0 Å². The molecule has 0 atom stereocenters. The molecule has 0 amide bonds. The van der Waals surface area contributed by atoms with Crippen molar-refractivity contribution in [2.45, 2.75) is 0 Å². The minimum atomic E-state index is 1.18. The number of nitrogens with zero attached hydrogens (tertiary/aromatic N) is 4. The Balaban J connectivity index is 0.000000132. The summed E-state index contributed by atoms with van der Waals surface area (Å²) in [6.07, 6.45) is 0. The summed E-state index contributed by atoms with van der Waals surface area (Å²) in [4.78, 5) is 0. The van der Waals surface area contributed by atoms with Gasteiger partial charge in [-0.3, -0.25) is 0 Å². The molecule has 448 valence electrons.